The van der Waals surface area contributed by atoms with Crippen LogP contribution in [0.2, 0.25) is 0 Å². The molecule has 0 saturated carbocycles. The summed E-state index contributed by atoms with van der Waals surface area (Å²) in [6.45, 7) is 0. The molecule has 0 aliphatic rings. The molecule has 0 fully saturated rings. The summed E-state index contributed by atoms with van der Waals surface area (Å²) in [5.74, 6) is 0.380. The van der Waals surface area contributed by atoms with Gasteiger partial charge in [-0.3, -0.25) is 14.9 Å². The maximum Gasteiger partial charge on any atom is 0.270 e. The summed E-state index contributed by atoms with van der Waals surface area (Å²) >= 11 is 0. The van der Waals surface area contributed by atoms with Crippen molar-refractivity contribution >= 4 is 22.4 Å². The Balaban J connectivity index is 2.01. The van der Waals surface area contributed by atoms with Crippen LogP contribution in [-0.2, 0) is 0 Å². The maximum absolute atomic E-state index is 12.4. The van der Waals surface area contributed by atoms with Crippen LogP contribution in [0.1, 0.15) is 16.1 Å². The standard InChI is InChI=1S/C16H11NO5/c1-21-13-5-6-14-11(8-13)9-15(22-14)16(18)10-3-2-4-12(7-10)17(19)20/h2-9H,1H3. The van der Waals surface area contributed by atoms with Crippen molar-refractivity contribution in [3.05, 3.63) is 70.0 Å². The molecule has 110 valence electrons. The van der Waals surface area contributed by atoms with E-state index in [9.17, 15) is 14.9 Å². The molecule has 0 amide bonds. The predicted octanol–water partition coefficient (Wildman–Crippen LogP) is 3.58. The molecule has 3 rings (SSSR count). The third-order valence-corrected chi connectivity index (χ3v) is 3.27. The normalized spacial score (nSPS) is 10.6. The highest BCUT2D eigenvalue weighted by molar-refractivity contribution is 6.09. The Bertz CT molecular complexity index is 881. The SMILES string of the molecule is COc1ccc2oc(C(=O)c3cccc([N+](=O)[O-])c3)cc2c1. The van der Waals surface area contributed by atoms with E-state index in [0.717, 1.165) is 5.39 Å². The minimum absolute atomic E-state index is 0.128. The van der Waals surface area contributed by atoms with Gasteiger partial charge in [-0.05, 0) is 24.3 Å². The number of nitrogens with zero attached hydrogens (tertiary/aromatic N) is 1. The lowest BCUT2D eigenvalue weighted by Crippen LogP contribution is -2.00. The first-order valence-electron chi connectivity index (χ1n) is 6.45. The van der Waals surface area contributed by atoms with Gasteiger partial charge in [-0.1, -0.05) is 12.1 Å². The van der Waals surface area contributed by atoms with Gasteiger partial charge in [0.2, 0.25) is 5.78 Å². The van der Waals surface area contributed by atoms with Crippen molar-refractivity contribution in [1.82, 2.24) is 0 Å². The Morgan fingerprint density at radius 2 is 2.00 bits per heavy atom. The molecule has 0 aliphatic carbocycles. The summed E-state index contributed by atoms with van der Waals surface area (Å²) in [5.41, 5.74) is 0.624. The lowest BCUT2D eigenvalue weighted by molar-refractivity contribution is -0.384. The van der Waals surface area contributed by atoms with Crippen LogP contribution in [0.5, 0.6) is 5.75 Å². The molecule has 1 aromatic heterocycles. The van der Waals surface area contributed by atoms with E-state index in [-0.39, 0.29) is 17.0 Å². The number of nitro groups is 1. The third kappa shape index (κ3) is 2.42. The molecule has 2 aromatic carbocycles. The number of ether oxygens (including phenoxy) is 1. The fourth-order valence-corrected chi connectivity index (χ4v) is 2.16. The molecule has 0 aliphatic heterocycles. The highest BCUT2D eigenvalue weighted by Crippen LogP contribution is 2.26. The van der Waals surface area contributed by atoms with Gasteiger partial charge in [-0.15, -0.1) is 0 Å². The zero-order valence-corrected chi connectivity index (χ0v) is 11.6. The summed E-state index contributed by atoms with van der Waals surface area (Å²) in [6.07, 6.45) is 0. The quantitative estimate of drug-likeness (QED) is 0.417. The Labute approximate surface area is 125 Å². The fourth-order valence-electron chi connectivity index (χ4n) is 2.16. The highest BCUT2D eigenvalue weighted by atomic mass is 16.6. The molecule has 0 saturated heterocycles. The Hall–Kier alpha value is -3.15. The van der Waals surface area contributed by atoms with E-state index < -0.39 is 10.7 Å². The van der Waals surface area contributed by atoms with Gasteiger partial charge in [0, 0.05) is 23.1 Å². The highest BCUT2D eigenvalue weighted by Gasteiger charge is 2.17. The fraction of sp³-hybridized carbons (Fsp3) is 0.0625. The number of methoxy groups -OCH3 is 1. The zero-order valence-electron chi connectivity index (χ0n) is 11.6. The number of hydrogen-bond acceptors (Lipinski definition) is 5. The molecule has 0 N–H and O–H groups in total. The smallest absolute Gasteiger partial charge is 0.270 e. The molecule has 6 heteroatoms. The number of ketones is 1. The molecule has 0 spiro atoms. The van der Waals surface area contributed by atoms with Crippen LogP contribution in [0.25, 0.3) is 11.0 Å². The lowest BCUT2D eigenvalue weighted by Gasteiger charge is -1.97. The number of nitro benzene ring substituents is 1. The molecule has 0 atom stereocenters. The Morgan fingerprint density at radius 3 is 2.73 bits per heavy atom. The van der Waals surface area contributed by atoms with E-state index in [1.165, 1.54) is 24.3 Å². The van der Waals surface area contributed by atoms with Crippen molar-refractivity contribution in [2.75, 3.05) is 7.11 Å². The van der Waals surface area contributed by atoms with E-state index in [0.29, 0.717) is 11.3 Å². The van der Waals surface area contributed by atoms with Gasteiger partial charge in [0.1, 0.15) is 11.3 Å². The van der Waals surface area contributed by atoms with Crippen LogP contribution in [0.3, 0.4) is 0 Å². The Kier molecular flexibility index (Phi) is 3.34. The first-order chi connectivity index (χ1) is 10.6. The van der Waals surface area contributed by atoms with Crippen molar-refractivity contribution < 1.29 is 18.9 Å². The molecule has 6 nitrogen and oxygen atoms in total. The van der Waals surface area contributed by atoms with Crippen LogP contribution in [0, 0.1) is 10.1 Å². The number of furan rings is 1. The van der Waals surface area contributed by atoms with E-state index in [1.54, 1.807) is 31.4 Å². The minimum Gasteiger partial charge on any atom is -0.497 e. The van der Waals surface area contributed by atoms with Crippen molar-refractivity contribution in [3.63, 3.8) is 0 Å². The summed E-state index contributed by atoms with van der Waals surface area (Å²) in [5, 5.41) is 11.5. The van der Waals surface area contributed by atoms with Gasteiger partial charge >= 0.3 is 0 Å². The summed E-state index contributed by atoms with van der Waals surface area (Å²) in [7, 11) is 1.55. The minimum atomic E-state index is -0.541. The Morgan fingerprint density at radius 1 is 1.18 bits per heavy atom. The van der Waals surface area contributed by atoms with E-state index in [2.05, 4.69) is 0 Å². The number of carbonyl (C=O) groups is 1. The lowest BCUT2D eigenvalue weighted by atomic mass is 10.1. The number of hydrogen-bond donors (Lipinski definition) is 0. The van der Waals surface area contributed by atoms with Crippen molar-refractivity contribution in [2.24, 2.45) is 0 Å². The van der Waals surface area contributed by atoms with Gasteiger partial charge < -0.3 is 9.15 Å². The number of rotatable bonds is 4. The third-order valence-electron chi connectivity index (χ3n) is 3.27. The monoisotopic (exact) mass is 297 g/mol. The average Bonchev–Trinajstić information content (AvgIpc) is 2.97. The van der Waals surface area contributed by atoms with Gasteiger partial charge in [-0.2, -0.15) is 0 Å². The molecule has 22 heavy (non-hydrogen) atoms. The molecular weight excluding hydrogens is 286 g/mol. The van der Waals surface area contributed by atoms with E-state index >= 15 is 0 Å². The zero-order chi connectivity index (χ0) is 15.7. The van der Waals surface area contributed by atoms with Gasteiger partial charge in [0.25, 0.3) is 5.69 Å². The van der Waals surface area contributed by atoms with Crippen molar-refractivity contribution in [2.45, 2.75) is 0 Å². The van der Waals surface area contributed by atoms with E-state index in [4.69, 9.17) is 9.15 Å². The van der Waals surface area contributed by atoms with E-state index in [1.807, 2.05) is 0 Å². The average molecular weight is 297 g/mol. The van der Waals surface area contributed by atoms with Gasteiger partial charge in [0.15, 0.2) is 5.76 Å². The topological polar surface area (TPSA) is 82.6 Å². The summed E-state index contributed by atoms with van der Waals surface area (Å²) in [4.78, 5) is 22.6. The van der Waals surface area contributed by atoms with Crippen LogP contribution >= 0.6 is 0 Å². The first-order valence-corrected chi connectivity index (χ1v) is 6.45. The van der Waals surface area contributed by atoms with Crippen LogP contribution in [-0.4, -0.2) is 17.8 Å². The van der Waals surface area contributed by atoms with Gasteiger partial charge in [0.05, 0.1) is 12.0 Å². The summed E-state index contributed by atoms with van der Waals surface area (Å²) in [6, 6.07) is 12.3. The van der Waals surface area contributed by atoms with Crippen LogP contribution < -0.4 is 4.74 Å². The predicted molar refractivity (Wildman–Crippen MR) is 79.3 cm³/mol. The second-order valence-corrected chi connectivity index (χ2v) is 4.65. The molecule has 0 bridgehead atoms. The second kappa shape index (κ2) is 5.33. The number of fused-ring (bicyclic) bond motifs is 1. The molecule has 3 aromatic rings. The first kappa shape index (κ1) is 13.8. The molecule has 1 heterocycles. The number of non-ortho nitro benzene ring substituents is 1. The molecular formula is C16H11NO5. The summed E-state index contributed by atoms with van der Waals surface area (Å²) < 4.78 is 10.6. The number of benzene rings is 2. The van der Waals surface area contributed by atoms with Crippen LogP contribution in [0.4, 0.5) is 5.69 Å². The van der Waals surface area contributed by atoms with Gasteiger partial charge in [-0.25, -0.2) is 0 Å². The molecule has 0 unspecified atom stereocenters. The largest absolute Gasteiger partial charge is 0.497 e. The van der Waals surface area contributed by atoms with Crippen molar-refractivity contribution in [1.29, 1.82) is 0 Å². The van der Waals surface area contributed by atoms with Crippen molar-refractivity contribution in [3.8, 4) is 5.75 Å². The maximum atomic E-state index is 12.4. The second-order valence-electron chi connectivity index (χ2n) is 4.65. The van der Waals surface area contributed by atoms with Crippen LogP contribution in [0.15, 0.2) is 52.9 Å². The molecule has 0 radical (unpaired) electrons. The number of carbonyl (C=O) groups excluding carboxylic acids is 1.